The average Bonchev–Trinajstić information content (AvgIpc) is 2.94. The van der Waals surface area contributed by atoms with E-state index in [-0.39, 0.29) is 5.56 Å². The van der Waals surface area contributed by atoms with E-state index in [4.69, 9.17) is 18.9 Å². The summed E-state index contributed by atoms with van der Waals surface area (Å²) < 4.78 is 17.4. The highest BCUT2D eigenvalue weighted by Crippen LogP contribution is 2.36. The molecule has 5 heterocycles. The van der Waals surface area contributed by atoms with Gasteiger partial charge in [-0.2, -0.15) is 0 Å². The largest absolute Gasteiger partial charge is 0.458 e. The van der Waals surface area contributed by atoms with Gasteiger partial charge in [-0.05, 0) is 29.7 Å². The summed E-state index contributed by atoms with van der Waals surface area (Å²) >= 11 is 0. The van der Waals surface area contributed by atoms with Crippen LogP contribution in [0.4, 0.5) is 0 Å². The summed E-state index contributed by atoms with van der Waals surface area (Å²) in [5.74, 6) is 1.19. The average molecular weight is 370 g/mol. The van der Waals surface area contributed by atoms with Crippen molar-refractivity contribution in [2.75, 3.05) is 0 Å². The van der Waals surface area contributed by atoms with Gasteiger partial charge in [0.05, 0.1) is 21.9 Å². The van der Waals surface area contributed by atoms with Gasteiger partial charge >= 0.3 is 5.63 Å². The molecule has 4 aromatic heterocycles. The number of aromatic nitrogens is 2. The first-order valence-corrected chi connectivity index (χ1v) is 8.51. The molecular weight excluding hydrogens is 360 g/mol. The highest BCUT2D eigenvalue weighted by atomic mass is 16.5. The first-order chi connectivity index (χ1) is 13.7. The van der Waals surface area contributed by atoms with Gasteiger partial charge in [-0.3, -0.25) is 9.20 Å². The molecule has 0 saturated heterocycles. The van der Waals surface area contributed by atoms with Crippen LogP contribution in [0.3, 0.4) is 0 Å². The predicted molar refractivity (Wildman–Crippen MR) is 103 cm³/mol. The molecule has 0 aliphatic carbocycles. The third-order valence-electron chi connectivity index (χ3n) is 4.87. The van der Waals surface area contributed by atoms with Crippen LogP contribution in [0, 0.1) is 0 Å². The van der Waals surface area contributed by atoms with Gasteiger partial charge < -0.3 is 13.9 Å². The Hall–Kier alpha value is -4.13. The van der Waals surface area contributed by atoms with E-state index in [1.807, 2.05) is 18.2 Å². The zero-order valence-corrected chi connectivity index (χ0v) is 14.2. The highest BCUT2D eigenvalue weighted by Gasteiger charge is 2.15. The molecule has 1 aromatic carbocycles. The lowest BCUT2D eigenvalue weighted by Crippen LogP contribution is -2.10. The second-order valence-electron chi connectivity index (χ2n) is 6.52. The molecule has 7 nitrogen and oxygen atoms in total. The molecule has 134 valence electrons. The predicted octanol–water partition coefficient (Wildman–Crippen LogP) is 3.35. The van der Waals surface area contributed by atoms with Crippen molar-refractivity contribution < 1.29 is 13.9 Å². The molecule has 5 aromatic rings. The number of hydrogen-bond donors (Lipinski definition) is 0. The van der Waals surface area contributed by atoms with Crippen LogP contribution in [0.5, 0.6) is 11.5 Å². The number of hydrogen-bond acceptors (Lipinski definition) is 6. The first-order valence-electron chi connectivity index (χ1n) is 8.51. The van der Waals surface area contributed by atoms with E-state index in [1.165, 1.54) is 29.3 Å². The van der Waals surface area contributed by atoms with Crippen molar-refractivity contribution in [3.05, 3.63) is 82.2 Å². The molecule has 0 N–H and O–H groups in total. The maximum Gasteiger partial charge on any atom is 0.335 e. The van der Waals surface area contributed by atoms with Gasteiger partial charge in [0.2, 0.25) is 0 Å². The van der Waals surface area contributed by atoms with Gasteiger partial charge in [0.15, 0.2) is 11.5 Å². The second kappa shape index (κ2) is 5.20. The Morgan fingerprint density at radius 3 is 2.54 bits per heavy atom. The number of ether oxygens (including phenoxy) is 2. The van der Waals surface area contributed by atoms with Crippen LogP contribution >= 0.6 is 0 Å². The summed E-state index contributed by atoms with van der Waals surface area (Å²) in [6.45, 7) is 0. The van der Waals surface area contributed by atoms with Crippen LogP contribution in [0.2, 0.25) is 0 Å². The van der Waals surface area contributed by atoms with Gasteiger partial charge in [0, 0.05) is 29.1 Å². The van der Waals surface area contributed by atoms with Crippen LogP contribution in [-0.2, 0) is 0 Å². The Balaban J connectivity index is 1.75. The van der Waals surface area contributed by atoms with Crippen molar-refractivity contribution in [2.24, 2.45) is 0 Å². The molecule has 0 unspecified atom stereocenters. The summed E-state index contributed by atoms with van der Waals surface area (Å²) in [5, 5.41) is 2.62. The molecule has 0 atom stereocenters. The molecule has 7 heteroatoms. The van der Waals surface area contributed by atoms with Crippen LogP contribution in [0.15, 0.2) is 75.4 Å². The van der Waals surface area contributed by atoms with Crippen LogP contribution < -0.4 is 20.7 Å². The zero-order chi connectivity index (χ0) is 18.8. The molecule has 0 fully saturated rings. The molecular formula is C21H10N2O5. The van der Waals surface area contributed by atoms with Crippen molar-refractivity contribution in [1.82, 2.24) is 9.38 Å². The van der Waals surface area contributed by atoms with Gasteiger partial charge in [-0.25, -0.2) is 9.78 Å². The third kappa shape index (κ3) is 2.01. The van der Waals surface area contributed by atoms with Crippen molar-refractivity contribution in [1.29, 1.82) is 0 Å². The van der Waals surface area contributed by atoms with E-state index in [0.717, 1.165) is 16.3 Å². The Bertz CT molecular complexity index is 1610. The number of fused-ring (bicyclic) bond motifs is 6. The fraction of sp³-hybridized carbons (Fsp3) is 0. The summed E-state index contributed by atoms with van der Waals surface area (Å²) in [7, 11) is 0. The first kappa shape index (κ1) is 15.0. The molecule has 0 radical (unpaired) electrons. The second-order valence-corrected chi connectivity index (χ2v) is 6.52. The van der Waals surface area contributed by atoms with Gasteiger partial charge in [0.1, 0.15) is 18.8 Å². The minimum absolute atomic E-state index is 0.274. The maximum atomic E-state index is 12.9. The lowest BCUT2D eigenvalue weighted by Gasteiger charge is -2.12. The van der Waals surface area contributed by atoms with Crippen molar-refractivity contribution in [2.45, 2.75) is 0 Å². The summed E-state index contributed by atoms with van der Waals surface area (Å²) in [6.07, 6.45) is 5.87. The van der Waals surface area contributed by atoms with Crippen LogP contribution in [0.25, 0.3) is 38.1 Å². The summed E-state index contributed by atoms with van der Waals surface area (Å²) in [4.78, 5) is 29.2. The summed E-state index contributed by atoms with van der Waals surface area (Å²) in [5.41, 5.74) is 1.27. The molecule has 6 rings (SSSR count). The lowest BCUT2D eigenvalue weighted by molar-refractivity contribution is 0.362. The molecule has 28 heavy (non-hydrogen) atoms. The van der Waals surface area contributed by atoms with Crippen molar-refractivity contribution >= 4 is 38.1 Å². The molecule has 0 bridgehead atoms. The summed E-state index contributed by atoms with van der Waals surface area (Å²) in [6, 6.07) is 10.3. The Kier molecular flexibility index (Phi) is 2.78. The van der Waals surface area contributed by atoms with E-state index in [9.17, 15) is 9.59 Å². The molecule has 0 amide bonds. The van der Waals surface area contributed by atoms with E-state index in [0.29, 0.717) is 33.3 Å². The normalized spacial score (nSPS) is 13.0. The fourth-order valence-corrected chi connectivity index (χ4v) is 3.57. The Morgan fingerprint density at radius 2 is 1.68 bits per heavy atom. The molecule has 0 spiro atoms. The molecule has 1 aliphatic heterocycles. The van der Waals surface area contributed by atoms with E-state index < -0.39 is 5.63 Å². The minimum atomic E-state index is -0.518. The maximum absolute atomic E-state index is 12.9. The third-order valence-corrected chi connectivity index (χ3v) is 4.87. The van der Waals surface area contributed by atoms with E-state index in [1.54, 1.807) is 18.3 Å². The minimum Gasteiger partial charge on any atom is -0.458 e. The van der Waals surface area contributed by atoms with E-state index >= 15 is 0 Å². The van der Waals surface area contributed by atoms with Crippen molar-refractivity contribution in [3.8, 4) is 11.5 Å². The van der Waals surface area contributed by atoms with E-state index in [2.05, 4.69) is 0 Å². The smallest absolute Gasteiger partial charge is 0.335 e. The Morgan fingerprint density at radius 1 is 0.857 bits per heavy atom. The SMILES string of the molecule is O=c1ccc2cc3c4nc5cc6c(cc5cc4cn3c(=O)c2co1)OC=CO6. The molecule has 0 saturated carbocycles. The van der Waals surface area contributed by atoms with Crippen LogP contribution in [0.1, 0.15) is 0 Å². The number of nitrogens with zero attached hydrogens (tertiary/aromatic N) is 2. The van der Waals surface area contributed by atoms with Gasteiger partial charge in [-0.15, -0.1) is 0 Å². The Labute approximate surface area is 155 Å². The number of pyridine rings is 2. The number of benzene rings is 1. The standard InChI is InChI=1S/C21H10N2O5/c24-19-2-1-11-6-16-20-13(9-23(16)21(25)14(11)10-28-19)5-12-7-17-18(8-15(12)22-20)27-4-3-26-17/h1-10H. The topological polar surface area (TPSA) is 83.0 Å². The monoisotopic (exact) mass is 370 g/mol. The fourth-order valence-electron chi connectivity index (χ4n) is 3.57. The lowest BCUT2D eigenvalue weighted by atomic mass is 10.1. The quantitative estimate of drug-likeness (QED) is 0.416. The highest BCUT2D eigenvalue weighted by molar-refractivity contribution is 6.03. The number of rotatable bonds is 0. The van der Waals surface area contributed by atoms with Gasteiger partial charge in [-0.1, -0.05) is 0 Å². The van der Waals surface area contributed by atoms with Crippen LogP contribution in [-0.4, -0.2) is 9.38 Å². The zero-order valence-electron chi connectivity index (χ0n) is 14.2. The molecule has 1 aliphatic rings. The van der Waals surface area contributed by atoms with Gasteiger partial charge in [0.25, 0.3) is 5.56 Å². The van der Waals surface area contributed by atoms with Crippen molar-refractivity contribution in [3.63, 3.8) is 0 Å².